The molecular weight excluding hydrogens is 320 g/mol. The van der Waals surface area contributed by atoms with Crippen molar-refractivity contribution in [2.45, 2.75) is 70.9 Å². The molecule has 25 heavy (non-hydrogen) atoms. The number of carbonyl (C=O) groups is 1. The van der Waals surface area contributed by atoms with Gasteiger partial charge in [0, 0.05) is 11.3 Å². The van der Waals surface area contributed by atoms with Crippen molar-refractivity contribution in [3.63, 3.8) is 0 Å². The molecule has 4 fully saturated rings. The SMILES string of the molecule is C=C1C(=O)[C@@]23C(O)CC4C(C)(C)CCC(O)[C@]4(C)C2CC(O)C1C3O. The van der Waals surface area contributed by atoms with E-state index in [4.69, 9.17) is 0 Å². The van der Waals surface area contributed by atoms with Crippen molar-refractivity contribution in [3.8, 4) is 0 Å². The summed E-state index contributed by atoms with van der Waals surface area (Å²) in [5.74, 6) is -1.45. The van der Waals surface area contributed by atoms with Crippen LogP contribution in [0.1, 0.15) is 46.5 Å². The van der Waals surface area contributed by atoms with E-state index in [9.17, 15) is 25.2 Å². The maximum atomic E-state index is 13.2. The van der Waals surface area contributed by atoms with Crippen LogP contribution >= 0.6 is 0 Å². The summed E-state index contributed by atoms with van der Waals surface area (Å²) in [5, 5.41) is 43.8. The number of aliphatic hydroxyl groups is 4. The number of hydrogen-bond donors (Lipinski definition) is 4. The minimum absolute atomic E-state index is 0.0204. The van der Waals surface area contributed by atoms with Crippen LogP contribution in [0.5, 0.6) is 0 Å². The number of fused-ring (bicyclic) bond motifs is 3. The van der Waals surface area contributed by atoms with Gasteiger partial charge < -0.3 is 20.4 Å². The number of Topliss-reactive ketones (excluding diaryl/α,β-unsaturated/α-hetero) is 1. The molecule has 4 aliphatic carbocycles. The van der Waals surface area contributed by atoms with Gasteiger partial charge in [-0.3, -0.25) is 4.79 Å². The van der Waals surface area contributed by atoms with Crippen molar-refractivity contribution < 1.29 is 25.2 Å². The molecular formula is C20H30O5. The Bertz CT molecular complexity index is 642. The first kappa shape index (κ1) is 17.7. The Kier molecular flexibility index (Phi) is 3.49. The van der Waals surface area contributed by atoms with Crippen LogP contribution in [0.15, 0.2) is 12.2 Å². The van der Waals surface area contributed by atoms with Gasteiger partial charge in [-0.25, -0.2) is 0 Å². The van der Waals surface area contributed by atoms with Crippen LogP contribution in [0.3, 0.4) is 0 Å². The average molecular weight is 350 g/mol. The zero-order valence-corrected chi connectivity index (χ0v) is 15.3. The average Bonchev–Trinajstić information content (AvgIpc) is 2.66. The predicted octanol–water partition coefficient (Wildman–Crippen LogP) is 1.04. The fraction of sp³-hybridized carbons (Fsp3) is 0.850. The van der Waals surface area contributed by atoms with Crippen molar-refractivity contribution >= 4 is 5.78 Å². The Morgan fingerprint density at radius 1 is 1.00 bits per heavy atom. The summed E-state index contributed by atoms with van der Waals surface area (Å²) in [6, 6.07) is 0. The summed E-state index contributed by atoms with van der Waals surface area (Å²) >= 11 is 0. The lowest BCUT2D eigenvalue weighted by atomic mass is 9.39. The first-order chi connectivity index (χ1) is 11.5. The minimum Gasteiger partial charge on any atom is -0.393 e. The smallest absolute Gasteiger partial charge is 0.170 e. The number of rotatable bonds is 0. The first-order valence-electron chi connectivity index (χ1n) is 9.46. The van der Waals surface area contributed by atoms with Crippen molar-refractivity contribution in [3.05, 3.63) is 12.2 Å². The lowest BCUT2D eigenvalue weighted by Gasteiger charge is -2.66. The zero-order valence-electron chi connectivity index (χ0n) is 15.3. The number of hydrogen-bond acceptors (Lipinski definition) is 5. The third kappa shape index (κ3) is 1.76. The monoisotopic (exact) mass is 350 g/mol. The van der Waals surface area contributed by atoms with E-state index in [1.54, 1.807) is 0 Å². The van der Waals surface area contributed by atoms with Crippen LogP contribution < -0.4 is 0 Å². The van der Waals surface area contributed by atoms with Crippen molar-refractivity contribution in [1.29, 1.82) is 0 Å². The van der Waals surface area contributed by atoms with Gasteiger partial charge >= 0.3 is 0 Å². The topological polar surface area (TPSA) is 98.0 Å². The summed E-state index contributed by atoms with van der Waals surface area (Å²) in [5.41, 5.74) is -1.82. The van der Waals surface area contributed by atoms with E-state index < -0.39 is 47.1 Å². The highest BCUT2D eigenvalue weighted by Crippen LogP contribution is 2.70. The quantitative estimate of drug-likeness (QED) is 0.489. The predicted molar refractivity (Wildman–Crippen MR) is 91.4 cm³/mol. The summed E-state index contributed by atoms with van der Waals surface area (Å²) in [6.07, 6.45) is -1.41. The number of carbonyl (C=O) groups excluding carboxylic acids is 1. The van der Waals surface area contributed by atoms with E-state index in [1.807, 2.05) is 6.92 Å². The third-order valence-corrected chi connectivity index (χ3v) is 8.62. The highest BCUT2D eigenvalue weighted by molar-refractivity contribution is 6.04. The summed E-state index contributed by atoms with van der Waals surface area (Å²) < 4.78 is 0. The number of ketones is 1. The molecule has 1 spiro atoms. The van der Waals surface area contributed by atoms with Crippen molar-refractivity contribution in [2.75, 3.05) is 0 Å². The Balaban J connectivity index is 1.93. The molecule has 2 bridgehead atoms. The van der Waals surface area contributed by atoms with Gasteiger partial charge in [0.1, 0.15) is 0 Å². The molecule has 140 valence electrons. The maximum Gasteiger partial charge on any atom is 0.170 e. The van der Waals surface area contributed by atoms with Crippen LogP contribution in [0.4, 0.5) is 0 Å². The lowest BCUT2D eigenvalue weighted by molar-refractivity contribution is -0.261. The van der Waals surface area contributed by atoms with E-state index >= 15 is 0 Å². The lowest BCUT2D eigenvalue weighted by Crippen LogP contribution is -2.71. The fourth-order valence-electron chi connectivity index (χ4n) is 7.33. The van der Waals surface area contributed by atoms with Gasteiger partial charge in [-0.15, -0.1) is 0 Å². The second kappa shape index (κ2) is 4.94. The Morgan fingerprint density at radius 2 is 1.64 bits per heavy atom. The van der Waals surface area contributed by atoms with E-state index in [-0.39, 0.29) is 22.7 Å². The minimum atomic E-state index is -1.33. The second-order valence-corrected chi connectivity index (χ2v) is 9.83. The zero-order chi connectivity index (χ0) is 18.5. The summed E-state index contributed by atoms with van der Waals surface area (Å²) in [7, 11) is 0. The molecule has 0 heterocycles. The fourth-order valence-corrected chi connectivity index (χ4v) is 7.33. The third-order valence-electron chi connectivity index (χ3n) is 8.62. The largest absolute Gasteiger partial charge is 0.393 e. The highest BCUT2D eigenvalue weighted by Gasteiger charge is 2.76. The van der Waals surface area contributed by atoms with Gasteiger partial charge in [-0.1, -0.05) is 27.4 Å². The molecule has 0 aromatic carbocycles. The van der Waals surface area contributed by atoms with Gasteiger partial charge in [0.2, 0.25) is 0 Å². The maximum absolute atomic E-state index is 13.2. The summed E-state index contributed by atoms with van der Waals surface area (Å²) in [4.78, 5) is 13.2. The molecule has 0 saturated heterocycles. The second-order valence-electron chi connectivity index (χ2n) is 9.83. The van der Waals surface area contributed by atoms with Crippen molar-refractivity contribution in [2.24, 2.45) is 34.0 Å². The molecule has 0 aliphatic heterocycles. The van der Waals surface area contributed by atoms with E-state index in [2.05, 4.69) is 20.4 Å². The molecule has 4 rings (SSSR count). The molecule has 5 heteroatoms. The van der Waals surface area contributed by atoms with Crippen LogP contribution in [0.2, 0.25) is 0 Å². The van der Waals surface area contributed by atoms with Crippen LogP contribution in [-0.4, -0.2) is 50.6 Å². The van der Waals surface area contributed by atoms with E-state index in [0.29, 0.717) is 19.3 Å². The molecule has 0 amide bonds. The Labute approximate surface area is 148 Å². The van der Waals surface area contributed by atoms with E-state index in [1.165, 1.54) is 0 Å². The van der Waals surface area contributed by atoms with Gasteiger partial charge in [0.15, 0.2) is 5.78 Å². The van der Waals surface area contributed by atoms with Crippen LogP contribution in [-0.2, 0) is 4.79 Å². The van der Waals surface area contributed by atoms with Gasteiger partial charge in [-0.05, 0) is 48.5 Å². The van der Waals surface area contributed by atoms with Gasteiger partial charge in [-0.2, -0.15) is 0 Å². The normalized spacial score (nSPS) is 57.2. The Hall–Kier alpha value is -0.750. The highest BCUT2D eigenvalue weighted by atomic mass is 16.3. The van der Waals surface area contributed by atoms with Gasteiger partial charge in [0.25, 0.3) is 0 Å². The first-order valence-corrected chi connectivity index (χ1v) is 9.46. The van der Waals surface area contributed by atoms with Gasteiger partial charge in [0.05, 0.1) is 29.8 Å². The van der Waals surface area contributed by atoms with E-state index in [0.717, 1.165) is 6.42 Å². The molecule has 0 radical (unpaired) electrons. The van der Waals surface area contributed by atoms with Crippen LogP contribution in [0.25, 0.3) is 0 Å². The molecule has 5 nitrogen and oxygen atoms in total. The molecule has 4 saturated carbocycles. The van der Waals surface area contributed by atoms with Crippen molar-refractivity contribution in [1.82, 2.24) is 0 Å². The molecule has 4 N–H and O–H groups in total. The molecule has 9 atom stereocenters. The summed E-state index contributed by atoms with van der Waals surface area (Å²) in [6.45, 7) is 10.1. The van der Waals surface area contributed by atoms with Crippen LogP contribution in [0, 0.1) is 34.0 Å². The standard InChI is InChI=1S/C20H30O5/c1-9-15-10(21)7-12-19(4)11(18(2,3)6-5-13(19)22)8-14(23)20(12,16(9)24)17(15)25/h10-15,17,21-23,25H,1,5-8H2,2-4H3/t10?,11?,12?,13?,14?,15?,17?,19-,20-/m0/s1. The molecule has 0 aromatic rings. The Morgan fingerprint density at radius 3 is 2.28 bits per heavy atom. The number of aliphatic hydroxyl groups excluding tert-OH is 4. The molecule has 0 aromatic heterocycles. The molecule has 4 aliphatic rings. The molecule has 7 unspecified atom stereocenters.